The van der Waals surface area contributed by atoms with Crippen molar-refractivity contribution in [3.05, 3.63) is 29.8 Å². The lowest BCUT2D eigenvalue weighted by molar-refractivity contribution is 0.561. The fourth-order valence-electron chi connectivity index (χ4n) is 1.99. The lowest BCUT2D eigenvalue weighted by Gasteiger charge is -2.16. The van der Waals surface area contributed by atoms with Crippen LogP contribution in [0.25, 0.3) is 0 Å². The van der Waals surface area contributed by atoms with Crippen LogP contribution in [0.5, 0.6) is 0 Å². The molecule has 1 heteroatoms. The van der Waals surface area contributed by atoms with Gasteiger partial charge in [0.15, 0.2) is 0 Å². The van der Waals surface area contributed by atoms with Gasteiger partial charge in [-0.25, -0.2) is 0 Å². The average Bonchev–Trinajstić information content (AvgIpc) is 2.17. The Morgan fingerprint density at radius 1 is 1.14 bits per heavy atom. The summed E-state index contributed by atoms with van der Waals surface area (Å²) >= 11 is 0. The molecule has 1 rings (SSSR count). The molecule has 0 aromatic heterocycles. The van der Waals surface area contributed by atoms with E-state index in [1.54, 1.807) is 0 Å². The maximum atomic E-state index is 5.79. The summed E-state index contributed by atoms with van der Waals surface area (Å²) in [4.78, 5) is 0. The van der Waals surface area contributed by atoms with E-state index >= 15 is 0 Å². The number of rotatable bonds is 5. The van der Waals surface area contributed by atoms with Crippen LogP contribution in [0, 0.1) is 0 Å². The second-order valence-electron chi connectivity index (χ2n) is 3.94. The molecule has 0 amide bonds. The molecule has 2 radical (unpaired) electrons. The molecule has 0 aliphatic heterocycles. The molecule has 0 aliphatic rings. The summed E-state index contributed by atoms with van der Waals surface area (Å²) < 4.78 is 0. The lowest BCUT2D eigenvalue weighted by atomic mass is 9.86. The first-order chi connectivity index (χ1) is 6.77. The Morgan fingerprint density at radius 2 is 1.79 bits per heavy atom. The predicted molar refractivity (Wildman–Crippen MR) is 64.4 cm³/mol. The molecule has 0 fully saturated rings. The van der Waals surface area contributed by atoms with Crippen LogP contribution in [-0.2, 0) is 0 Å². The Hall–Kier alpha value is -0.715. The number of hydrogen-bond donors (Lipinski definition) is 0. The first kappa shape index (κ1) is 11.4. The van der Waals surface area contributed by atoms with E-state index in [4.69, 9.17) is 7.85 Å². The van der Waals surface area contributed by atoms with Crippen molar-refractivity contribution in [3.63, 3.8) is 0 Å². The van der Waals surface area contributed by atoms with Crippen molar-refractivity contribution in [2.24, 2.45) is 0 Å². The maximum absolute atomic E-state index is 5.79. The fraction of sp³-hybridized carbons (Fsp3) is 0.538. The zero-order valence-corrected chi connectivity index (χ0v) is 9.29. The van der Waals surface area contributed by atoms with Crippen molar-refractivity contribution in [1.82, 2.24) is 0 Å². The zero-order chi connectivity index (χ0) is 10.4. The van der Waals surface area contributed by atoms with Gasteiger partial charge in [-0.15, -0.1) is 0 Å². The van der Waals surface area contributed by atoms with E-state index in [0.29, 0.717) is 5.92 Å². The van der Waals surface area contributed by atoms with Crippen molar-refractivity contribution < 1.29 is 0 Å². The third-order valence-electron chi connectivity index (χ3n) is 2.66. The highest BCUT2D eigenvalue weighted by Gasteiger charge is 2.08. The minimum atomic E-state index is 0.702. The van der Waals surface area contributed by atoms with Crippen LogP contribution in [0.15, 0.2) is 24.3 Å². The summed E-state index contributed by atoms with van der Waals surface area (Å²) in [5, 5.41) is 0. The van der Waals surface area contributed by atoms with Gasteiger partial charge in [0.1, 0.15) is 7.85 Å². The number of benzene rings is 1. The maximum Gasteiger partial charge on any atom is 0.113 e. The van der Waals surface area contributed by atoms with E-state index in [1.807, 2.05) is 6.07 Å². The van der Waals surface area contributed by atoms with Crippen LogP contribution < -0.4 is 5.46 Å². The second-order valence-corrected chi connectivity index (χ2v) is 3.94. The van der Waals surface area contributed by atoms with Gasteiger partial charge < -0.3 is 0 Å². The fourth-order valence-corrected chi connectivity index (χ4v) is 1.99. The van der Waals surface area contributed by atoms with Crippen LogP contribution in [-0.4, -0.2) is 7.85 Å². The van der Waals surface area contributed by atoms with Gasteiger partial charge in [0.2, 0.25) is 0 Å². The van der Waals surface area contributed by atoms with Gasteiger partial charge >= 0.3 is 0 Å². The first-order valence-electron chi connectivity index (χ1n) is 5.63. The van der Waals surface area contributed by atoms with E-state index in [0.717, 1.165) is 5.46 Å². The van der Waals surface area contributed by atoms with Crippen molar-refractivity contribution in [3.8, 4) is 0 Å². The van der Waals surface area contributed by atoms with Crippen LogP contribution in [0.2, 0.25) is 0 Å². The molecule has 74 valence electrons. The van der Waals surface area contributed by atoms with Crippen LogP contribution in [0.4, 0.5) is 0 Å². The summed E-state index contributed by atoms with van der Waals surface area (Å²) in [5.41, 5.74) is 2.30. The smallest absolute Gasteiger partial charge is 0.0964 e. The topological polar surface area (TPSA) is 0 Å². The normalized spacial score (nSPS) is 10.8. The monoisotopic (exact) mass is 186 g/mol. The molecule has 14 heavy (non-hydrogen) atoms. The molecule has 0 atom stereocenters. The molecule has 0 N–H and O–H groups in total. The van der Waals surface area contributed by atoms with Gasteiger partial charge in [-0.3, -0.25) is 0 Å². The van der Waals surface area contributed by atoms with Crippen LogP contribution in [0.3, 0.4) is 0 Å². The highest BCUT2D eigenvalue weighted by molar-refractivity contribution is 6.32. The van der Waals surface area contributed by atoms with Gasteiger partial charge in [0, 0.05) is 0 Å². The molecule has 1 aromatic carbocycles. The second kappa shape index (κ2) is 5.90. The lowest BCUT2D eigenvalue weighted by Crippen LogP contribution is -2.06. The first-order valence-corrected chi connectivity index (χ1v) is 5.63. The molecule has 0 heterocycles. The van der Waals surface area contributed by atoms with Crippen molar-refractivity contribution >= 4 is 13.3 Å². The van der Waals surface area contributed by atoms with Crippen molar-refractivity contribution in [2.75, 3.05) is 0 Å². The summed E-state index contributed by atoms with van der Waals surface area (Å²) in [5.74, 6) is 0.702. The van der Waals surface area contributed by atoms with Crippen molar-refractivity contribution in [2.45, 2.75) is 45.4 Å². The standard InChI is InChI=1S/C13H19B/c1-3-6-11(7-4-2)12-8-5-9-13(14)10-12/h5,8-11H,3-4,6-7H2,1-2H3. The summed E-state index contributed by atoms with van der Waals surface area (Å²) in [7, 11) is 5.79. The van der Waals surface area contributed by atoms with E-state index in [-0.39, 0.29) is 0 Å². The molecule has 0 nitrogen and oxygen atoms in total. The van der Waals surface area contributed by atoms with Crippen LogP contribution in [0.1, 0.15) is 51.0 Å². The van der Waals surface area contributed by atoms with E-state index in [2.05, 4.69) is 32.0 Å². The molecule has 1 aromatic rings. The minimum absolute atomic E-state index is 0.702. The van der Waals surface area contributed by atoms with E-state index in [9.17, 15) is 0 Å². The molecular weight excluding hydrogens is 167 g/mol. The average molecular weight is 186 g/mol. The van der Waals surface area contributed by atoms with Crippen LogP contribution >= 0.6 is 0 Å². The SMILES string of the molecule is [B]c1cccc(C(CCC)CCC)c1. The molecular formula is C13H19B. The van der Waals surface area contributed by atoms with Gasteiger partial charge in [0.25, 0.3) is 0 Å². The Bertz CT molecular complexity index is 262. The van der Waals surface area contributed by atoms with Gasteiger partial charge in [0.05, 0.1) is 0 Å². The Balaban J connectivity index is 2.75. The quantitative estimate of drug-likeness (QED) is 0.619. The third kappa shape index (κ3) is 3.21. The molecule has 0 aliphatic carbocycles. The largest absolute Gasteiger partial charge is 0.113 e. The Kier molecular flexibility index (Phi) is 4.79. The highest BCUT2D eigenvalue weighted by Crippen LogP contribution is 2.25. The summed E-state index contributed by atoms with van der Waals surface area (Å²) in [6, 6.07) is 8.34. The molecule has 0 bridgehead atoms. The van der Waals surface area contributed by atoms with E-state index < -0.39 is 0 Å². The number of hydrogen-bond acceptors (Lipinski definition) is 0. The van der Waals surface area contributed by atoms with Gasteiger partial charge in [-0.1, -0.05) is 56.4 Å². The minimum Gasteiger partial charge on any atom is -0.0964 e. The predicted octanol–water partition coefficient (Wildman–Crippen LogP) is 3.16. The third-order valence-corrected chi connectivity index (χ3v) is 2.66. The zero-order valence-electron chi connectivity index (χ0n) is 9.29. The molecule has 0 saturated carbocycles. The van der Waals surface area contributed by atoms with E-state index in [1.165, 1.54) is 31.2 Å². The molecule has 0 saturated heterocycles. The molecule has 0 unspecified atom stereocenters. The highest BCUT2D eigenvalue weighted by atomic mass is 14.1. The Morgan fingerprint density at radius 3 is 2.29 bits per heavy atom. The summed E-state index contributed by atoms with van der Waals surface area (Å²) in [6.07, 6.45) is 5.05. The summed E-state index contributed by atoms with van der Waals surface area (Å²) in [6.45, 7) is 4.49. The van der Waals surface area contributed by atoms with Gasteiger partial charge in [-0.2, -0.15) is 0 Å². The Labute approximate surface area is 89.1 Å². The van der Waals surface area contributed by atoms with Crippen molar-refractivity contribution in [1.29, 1.82) is 0 Å². The van der Waals surface area contributed by atoms with Gasteiger partial charge in [-0.05, 0) is 24.3 Å². The molecule has 0 spiro atoms.